The number of anilines is 1. The lowest BCUT2D eigenvalue weighted by atomic mass is 10.2. The van der Waals surface area contributed by atoms with Crippen molar-refractivity contribution in [1.82, 2.24) is 0 Å². The molecule has 25 heavy (non-hydrogen) atoms. The molecule has 0 spiro atoms. The van der Waals surface area contributed by atoms with Crippen molar-refractivity contribution in [2.24, 2.45) is 0 Å². The van der Waals surface area contributed by atoms with Gasteiger partial charge in [0.15, 0.2) is 6.61 Å². The van der Waals surface area contributed by atoms with Crippen LogP contribution in [-0.2, 0) is 9.53 Å². The number of nitro benzene ring substituents is 1. The van der Waals surface area contributed by atoms with Crippen LogP contribution in [0.1, 0.15) is 10.4 Å². The van der Waals surface area contributed by atoms with Crippen molar-refractivity contribution in [3.63, 3.8) is 0 Å². The number of non-ortho nitro benzene ring substituents is 1. The summed E-state index contributed by atoms with van der Waals surface area (Å²) in [6.07, 6.45) is 0. The van der Waals surface area contributed by atoms with Gasteiger partial charge < -0.3 is 15.2 Å². The summed E-state index contributed by atoms with van der Waals surface area (Å²) in [6.45, 7) is -0.799. The molecule has 1 amide bonds. The third-order valence-electron chi connectivity index (χ3n) is 2.95. The molecular weight excluding hydrogens is 359 g/mol. The number of esters is 1. The normalized spacial score (nSPS) is 10.2. The zero-order valence-electron chi connectivity index (χ0n) is 12.4. The lowest BCUT2D eigenvalue weighted by molar-refractivity contribution is -0.384. The summed E-state index contributed by atoms with van der Waals surface area (Å²) in [6, 6.07) is 6.27. The molecule has 8 nitrogen and oxygen atoms in total. The topological polar surface area (TPSA) is 119 Å². The summed E-state index contributed by atoms with van der Waals surface area (Å²) in [5.41, 5.74) is -1.10. The lowest BCUT2D eigenvalue weighted by Gasteiger charge is -2.08. The van der Waals surface area contributed by atoms with Gasteiger partial charge >= 0.3 is 5.97 Å². The second-order valence-electron chi connectivity index (χ2n) is 4.71. The van der Waals surface area contributed by atoms with E-state index in [1.807, 2.05) is 0 Å². The predicted molar refractivity (Wildman–Crippen MR) is 85.1 cm³/mol. The quantitative estimate of drug-likeness (QED) is 0.476. The van der Waals surface area contributed by atoms with Gasteiger partial charge in [0.25, 0.3) is 11.6 Å². The van der Waals surface area contributed by atoms with Crippen LogP contribution in [0.2, 0.25) is 5.02 Å². The number of ether oxygens (including phenoxy) is 1. The van der Waals surface area contributed by atoms with Crippen LogP contribution < -0.4 is 5.32 Å². The van der Waals surface area contributed by atoms with Crippen LogP contribution in [0.15, 0.2) is 36.4 Å². The lowest BCUT2D eigenvalue weighted by Crippen LogP contribution is -2.21. The molecule has 0 saturated carbocycles. The molecule has 2 N–H and O–H groups in total. The van der Waals surface area contributed by atoms with Crippen molar-refractivity contribution in [1.29, 1.82) is 0 Å². The molecular formula is C15H10ClFN2O6. The standard InChI is InChI=1S/C15H10ClFN2O6/c16-8-1-4-13(20)10(5-8)15(22)25-7-14(21)18-12-6-9(19(23)24)2-3-11(12)17/h1-6,20H,7H2,(H,18,21). The van der Waals surface area contributed by atoms with Crippen LogP contribution >= 0.6 is 11.6 Å². The average Bonchev–Trinajstić information content (AvgIpc) is 2.56. The molecule has 0 aliphatic rings. The molecule has 0 heterocycles. The largest absolute Gasteiger partial charge is 0.507 e. The van der Waals surface area contributed by atoms with Crippen LogP contribution in [0.5, 0.6) is 5.75 Å². The van der Waals surface area contributed by atoms with E-state index >= 15 is 0 Å². The molecule has 10 heteroatoms. The smallest absolute Gasteiger partial charge is 0.342 e. The fourth-order valence-electron chi connectivity index (χ4n) is 1.79. The van der Waals surface area contributed by atoms with Crippen molar-refractivity contribution >= 4 is 34.9 Å². The molecule has 0 unspecified atom stereocenters. The first kappa shape index (κ1) is 18.1. The third kappa shape index (κ3) is 4.64. The van der Waals surface area contributed by atoms with Gasteiger partial charge in [-0.15, -0.1) is 0 Å². The Bertz CT molecular complexity index is 858. The number of carbonyl (C=O) groups is 2. The van der Waals surface area contributed by atoms with Gasteiger partial charge in [-0.1, -0.05) is 11.6 Å². The van der Waals surface area contributed by atoms with Gasteiger partial charge in [-0.2, -0.15) is 0 Å². The van der Waals surface area contributed by atoms with Gasteiger partial charge in [0, 0.05) is 17.2 Å². The highest BCUT2D eigenvalue weighted by atomic mass is 35.5. The number of amides is 1. The van der Waals surface area contributed by atoms with Gasteiger partial charge in [0.05, 0.1) is 10.6 Å². The van der Waals surface area contributed by atoms with Crippen LogP contribution in [0.25, 0.3) is 0 Å². The number of hydrogen-bond acceptors (Lipinski definition) is 6. The minimum absolute atomic E-state index is 0.174. The zero-order chi connectivity index (χ0) is 18.6. The summed E-state index contributed by atoms with van der Waals surface area (Å²) >= 11 is 5.69. The van der Waals surface area contributed by atoms with Crippen molar-refractivity contribution in [3.05, 3.63) is 62.9 Å². The summed E-state index contributed by atoms with van der Waals surface area (Å²) in [7, 11) is 0. The molecule has 0 saturated heterocycles. The van der Waals surface area contributed by atoms with E-state index in [0.29, 0.717) is 0 Å². The van der Waals surface area contributed by atoms with Crippen molar-refractivity contribution < 1.29 is 28.7 Å². The molecule has 0 fully saturated rings. The predicted octanol–water partition coefficient (Wildman–Crippen LogP) is 2.89. The maximum atomic E-state index is 13.6. The molecule has 0 bridgehead atoms. The number of carbonyl (C=O) groups excluding carboxylic acids is 2. The second-order valence-corrected chi connectivity index (χ2v) is 5.14. The number of phenols is 1. The van der Waals surface area contributed by atoms with Crippen LogP contribution in [0.3, 0.4) is 0 Å². The first-order valence-corrected chi connectivity index (χ1v) is 7.05. The number of benzene rings is 2. The fourth-order valence-corrected chi connectivity index (χ4v) is 1.96. The van der Waals surface area contributed by atoms with Crippen LogP contribution in [0.4, 0.5) is 15.8 Å². The van der Waals surface area contributed by atoms with Crippen molar-refractivity contribution in [2.45, 2.75) is 0 Å². The number of rotatable bonds is 5. The van der Waals surface area contributed by atoms with Gasteiger partial charge in [0.2, 0.25) is 0 Å². The van der Waals surface area contributed by atoms with Crippen LogP contribution in [0, 0.1) is 15.9 Å². The number of nitro groups is 1. The van der Waals surface area contributed by atoms with Gasteiger partial charge in [-0.25, -0.2) is 9.18 Å². The highest BCUT2D eigenvalue weighted by Gasteiger charge is 2.17. The first-order chi connectivity index (χ1) is 11.8. The Morgan fingerprint density at radius 2 is 2.00 bits per heavy atom. The fraction of sp³-hybridized carbons (Fsp3) is 0.0667. The molecule has 0 aliphatic heterocycles. The van der Waals surface area contributed by atoms with E-state index in [0.717, 1.165) is 24.3 Å². The van der Waals surface area contributed by atoms with E-state index in [-0.39, 0.29) is 16.3 Å². The van der Waals surface area contributed by atoms with E-state index in [2.05, 4.69) is 10.1 Å². The highest BCUT2D eigenvalue weighted by molar-refractivity contribution is 6.31. The molecule has 0 radical (unpaired) electrons. The molecule has 2 aromatic rings. The number of nitrogens with zero attached hydrogens (tertiary/aromatic N) is 1. The van der Waals surface area contributed by atoms with Crippen molar-refractivity contribution in [3.8, 4) is 5.75 Å². The number of phenolic OH excluding ortho intramolecular Hbond substituents is 1. The zero-order valence-corrected chi connectivity index (χ0v) is 13.1. The monoisotopic (exact) mass is 368 g/mol. The van der Waals surface area contributed by atoms with E-state index in [9.17, 15) is 29.2 Å². The Morgan fingerprint density at radius 3 is 2.68 bits per heavy atom. The van der Waals surface area contributed by atoms with E-state index in [1.165, 1.54) is 12.1 Å². The SMILES string of the molecule is O=C(COC(=O)c1cc(Cl)ccc1O)Nc1cc([N+](=O)[O-])ccc1F. The number of hydrogen-bond donors (Lipinski definition) is 2. The third-order valence-corrected chi connectivity index (χ3v) is 3.18. The molecule has 0 aromatic heterocycles. The Balaban J connectivity index is 2.01. The maximum Gasteiger partial charge on any atom is 0.342 e. The van der Waals surface area contributed by atoms with Crippen LogP contribution in [-0.4, -0.2) is 28.5 Å². The summed E-state index contributed by atoms with van der Waals surface area (Å²) in [5.74, 6) is -3.22. The van der Waals surface area contributed by atoms with E-state index in [4.69, 9.17) is 11.6 Å². The van der Waals surface area contributed by atoms with Crippen molar-refractivity contribution in [2.75, 3.05) is 11.9 Å². The Morgan fingerprint density at radius 1 is 1.28 bits per heavy atom. The molecule has 2 rings (SSSR count). The van der Waals surface area contributed by atoms with E-state index < -0.39 is 40.6 Å². The number of aromatic hydroxyl groups is 1. The Kier molecular flexibility index (Phi) is 5.50. The Labute approximate surface area is 144 Å². The highest BCUT2D eigenvalue weighted by Crippen LogP contribution is 2.23. The molecule has 2 aromatic carbocycles. The minimum Gasteiger partial charge on any atom is -0.507 e. The Hall–Kier alpha value is -3.20. The second kappa shape index (κ2) is 7.58. The van der Waals surface area contributed by atoms with Gasteiger partial charge in [-0.3, -0.25) is 14.9 Å². The van der Waals surface area contributed by atoms with Gasteiger partial charge in [-0.05, 0) is 24.3 Å². The molecule has 130 valence electrons. The average molecular weight is 369 g/mol. The summed E-state index contributed by atoms with van der Waals surface area (Å²) < 4.78 is 18.3. The summed E-state index contributed by atoms with van der Waals surface area (Å²) in [4.78, 5) is 33.4. The number of halogens is 2. The summed E-state index contributed by atoms with van der Waals surface area (Å²) in [5, 5.41) is 22.4. The molecule has 0 atom stereocenters. The number of nitrogens with one attached hydrogen (secondary N) is 1. The maximum absolute atomic E-state index is 13.6. The minimum atomic E-state index is -1.02. The van der Waals surface area contributed by atoms with Gasteiger partial charge in [0.1, 0.15) is 17.1 Å². The first-order valence-electron chi connectivity index (χ1n) is 6.67. The van der Waals surface area contributed by atoms with E-state index in [1.54, 1.807) is 0 Å². The molecule has 0 aliphatic carbocycles.